The van der Waals surface area contributed by atoms with Crippen molar-refractivity contribution in [1.29, 1.82) is 0 Å². The zero-order valence-electron chi connectivity index (χ0n) is 19.9. The van der Waals surface area contributed by atoms with E-state index in [0.717, 1.165) is 12.4 Å². The van der Waals surface area contributed by atoms with Gasteiger partial charge in [0, 0.05) is 6.54 Å². The molecular formula is C30H34NP2+. The van der Waals surface area contributed by atoms with Crippen LogP contribution in [0.5, 0.6) is 0 Å². The second kappa shape index (κ2) is 10.8. The molecule has 0 aliphatic rings. The number of rotatable bonds is 8. The molecule has 4 aromatic carbocycles. The molecule has 0 saturated carbocycles. The van der Waals surface area contributed by atoms with E-state index < -0.39 is 15.3 Å². The molecule has 4 aromatic rings. The molecule has 0 saturated heterocycles. The van der Waals surface area contributed by atoms with Crippen molar-refractivity contribution in [3.8, 4) is 0 Å². The first-order chi connectivity index (χ1) is 16.0. The van der Waals surface area contributed by atoms with Crippen LogP contribution in [0.15, 0.2) is 121 Å². The minimum absolute atomic E-state index is 0.192. The molecular weight excluding hydrogens is 436 g/mol. The maximum absolute atomic E-state index is 4.20. The highest BCUT2D eigenvalue weighted by Crippen LogP contribution is 2.61. The van der Waals surface area contributed by atoms with Gasteiger partial charge in [-0.2, -0.15) is 5.09 Å². The van der Waals surface area contributed by atoms with Crippen molar-refractivity contribution in [2.24, 2.45) is 5.41 Å². The van der Waals surface area contributed by atoms with Gasteiger partial charge in [-0.25, -0.2) is 0 Å². The Balaban J connectivity index is 1.90. The molecule has 0 fully saturated rings. The molecule has 0 bridgehead atoms. The third-order valence-electron chi connectivity index (χ3n) is 5.76. The summed E-state index contributed by atoms with van der Waals surface area (Å²) in [5.41, 5.74) is 0.192. The average Bonchev–Trinajstić information content (AvgIpc) is 2.86. The minimum Gasteiger partial charge on any atom is -0.182 e. The summed E-state index contributed by atoms with van der Waals surface area (Å²) in [6.45, 7) is 7.93. The molecule has 1 nitrogen and oxygen atoms in total. The van der Waals surface area contributed by atoms with Gasteiger partial charge in [0.05, 0.1) is 0 Å². The molecule has 1 N–H and O–H groups in total. The van der Waals surface area contributed by atoms with E-state index in [0.29, 0.717) is 0 Å². The Kier molecular flexibility index (Phi) is 7.77. The summed E-state index contributed by atoms with van der Waals surface area (Å²) in [5, 5.41) is 9.94. The first-order valence-corrected chi connectivity index (χ1v) is 15.1. The van der Waals surface area contributed by atoms with E-state index in [1.165, 1.54) is 21.2 Å². The fraction of sp³-hybridized carbons (Fsp3) is 0.200. The predicted molar refractivity (Wildman–Crippen MR) is 150 cm³/mol. The van der Waals surface area contributed by atoms with Crippen LogP contribution in [0.1, 0.15) is 20.8 Å². The highest BCUT2D eigenvalue weighted by atomic mass is 31.2. The Morgan fingerprint density at radius 1 is 0.576 bits per heavy atom. The number of hydrogen-bond donors (Lipinski definition) is 1. The van der Waals surface area contributed by atoms with Crippen LogP contribution in [-0.2, 0) is 0 Å². The first-order valence-electron chi connectivity index (χ1n) is 11.6. The molecule has 0 atom stereocenters. The third kappa shape index (κ3) is 5.99. The third-order valence-corrected chi connectivity index (χ3v) is 13.5. The molecule has 0 heterocycles. The molecule has 0 aliphatic carbocycles. The van der Waals surface area contributed by atoms with Gasteiger partial charge in [0.15, 0.2) is 7.41 Å². The van der Waals surface area contributed by atoms with Crippen LogP contribution in [-0.4, -0.2) is 12.4 Å². The number of benzene rings is 4. The van der Waals surface area contributed by atoms with E-state index in [9.17, 15) is 0 Å². The van der Waals surface area contributed by atoms with Crippen molar-refractivity contribution >= 4 is 36.6 Å². The van der Waals surface area contributed by atoms with Crippen LogP contribution in [0.25, 0.3) is 0 Å². The van der Waals surface area contributed by atoms with Crippen LogP contribution in [0, 0.1) is 5.41 Å². The lowest BCUT2D eigenvalue weighted by molar-refractivity contribution is 0.413. The van der Waals surface area contributed by atoms with Gasteiger partial charge in [-0.3, -0.25) is 0 Å². The van der Waals surface area contributed by atoms with Gasteiger partial charge in [0.1, 0.15) is 16.5 Å². The molecule has 0 aromatic heterocycles. The minimum atomic E-state index is -1.91. The summed E-state index contributed by atoms with van der Waals surface area (Å²) >= 11 is 0. The van der Waals surface area contributed by atoms with Crippen molar-refractivity contribution in [2.75, 3.05) is 12.4 Å². The zero-order chi connectivity index (χ0) is 23.2. The summed E-state index contributed by atoms with van der Waals surface area (Å²) in [7, 11) is -2.45. The van der Waals surface area contributed by atoms with Crippen molar-refractivity contribution in [1.82, 2.24) is 5.09 Å². The molecule has 168 valence electrons. The quantitative estimate of drug-likeness (QED) is 0.298. The molecule has 4 rings (SSSR count). The lowest BCUT2D eigenvalue weighted by atomic mass is 9.98. The van der Waals surface area contributed by atoms with Gasteiger partial charge in [-0.15, -0.1) is 0 Å². The molecule has 33 heavy (non-hydrogen) atoms. The van der Waals surface area contributed by atoms with Crippen LogP contribution >= 0.6 is 15.3 Å². The zero-order valence-corrected chi connectivity index (χ0v) is 21.6. The fourth-order valence-corrected chi connectivity index (χ4v) is 12.9. The van der Waals surface area contributed by atoms with Crippen LogP contribution in [0.4, 0.5) is 0 Å². The Morgan fingerprint density at radius 3 is 1.30 bits per heavy atom. The van der Waals surface area contributed by atoms with Gasteiger partial charge in [-0.1, -0.05) is 118 Å². The van der Waals surface area contributed by atoms with Crippen molar-refractivity contribution in [3.63, 3.8) is 0 Å². The van der Waals surface area contributed by atoms with Crippen LogP contribution in [0.2, 0.25) is 0 Å². The maximum Gasteiger partial charge on any atom is 0.150 e. The Bertz CT molecular complexity index is 1030. The van der Waals surface area contributed by atoms with Crippen molar-refractivity contribution < 1.29 is 0 Å². The first kappa shape index (κ1) is 23.8. The lowest BCUT2D eigenvalue weighted by Crippen LogP contribution is -2.40. The van der Waals surface area contributed by atoms with Gasteiger partial charge in [-0.05, 0) is 48.2 Å². The highest BCUT2D eigenvalue weighted by Gasteiger charge is 2.46. The van der Waals surface area contributed by atoms with E-state index in [1.807, 2.05) is 0 Å². The van der Waals surface area contributed by atoms with E-state index in [-0.39, 0.29) is 5.41 Å². The van der Waals surface area contributed by atoms with E-state index >= 15 is 0 Å². The summed E-state index contributed by atoms with van der Waals surface area (Å²) in [5.74, 6) is 1.10. The average molecular weight is 471 g/mol. The highest BCUT2D eigenvalue weighted by molar-refractivity contribution is 7.97. The smallest absolute Gasteiger partial charge is 0.150 e. The summed E-state index contributed by atoms with van der Waals surface area (Å²) in [4.78, 5) is 0. The molecule has 0 unspecified atom stereocenters. The standard InChI is InChI=1S/C30H34NP2/c1-30(2,3)24-31-33(28-20-12-6-13-21-28,29-22-14-7-15-23-29)25-32(26-16-8-4-9-17-26)27-18-10-5-11-19-27/h4-23,31H,24-25H2,1-3H3/q+1. The van der Waals surface area contributed by atoms with Gasteiger partial charge in [0.2, 0.25) is 0 Å². The molecule has 0 spiro atoms. The molecule has 0 radical (unpaired) electrons. The SMILES string of the molecule is CC(C)(C)CN[P+](CP(c1ccccc1)c1ccccc1)(c1ccccc1)c1ccccc1. The van der Waals surface area contributed by atoms with Crippen molar-refractivity contribution in [2.45, 2.75) is 20.8 Å². The monoisotopic (exact) mass is 470 g/mol. The number of nitrogens with one attached hydrogen (secondary N) is 1. The van der Waals surface area contributed by atoms with E-state index in [1.54, 1.807) is 0 Å². The normalized spacial score (nSPS) is 12.1. The lowest BCUT2D eigenvalue weighted by Gasteiger charge is -2.34. The molecule has 3 heteroatoms. The fourth-order valence-electron chi connectivity index (χ4n) is 4.02. The largest absolute Gasteiger partial charge is 0.182 e. The Hall–Kier alpha value is -2.30. The van der Waals surface area contributed by atoms with Crippen LogP contribution < -0.4 is 26.3 Å². The summed E-state index contributed by atoms with van der Waals surface area (Å²) in [6.07, 6.45) is 0. The Labute approximate surface area is 201 Å². The number of hydrogen-bond acceptors (Lipinski definition) is 1. The van der Waals surface area contributed by atoms with E-state index in [4.69, 9.17) is 0 Å². The van der Waals surface area contributed by atoms with Crippen molar-refractivity contribution in [3.05, 3.63) is 121 Å². The molecule has 0 amide bonds. The molecule has 0 aliphatic heterocycles. The summed E-state index contributed by atoms with van der Waals surface area (Å²) in [6, 6.07) is 44.6. The van der Waals surface area contributed by atoms with Gasteiger partial charge < -0.3 is 0 Å². The Morgan fingerprint density at radius 2 is 0.939 bits per heavy atom. The summed E-state index contributed by atoms with van der Waals surface area (Å²) < 4.78 is 0. The second-order valence-electron chi connectivity index (χ2n) is 9.62. The van der Waals surface area contributed by atoms with E-state index in [2.05, 4.69) is 147 Å². The predicted octanol–water partition coefficient (Wildman–Crippen LogP) is 6.30. The van der Waals surface area contributed by atoms with Gasteiger partial charge >= 0.3 is 0 Å². The maximum atomic E-state index is 4.20. The topological polar surface area (TPSA) is 12.0 Å². The van der Waals surface area contributed by atoms with Crippen LogP contribution in [0.3, 0.4) is 0 Å². The second-order valence-corrected chi connectivity index (χ2v) is 15.6. The van der Waals surface area contributed by atoms with Gasteiger partial charge in [0.25, 0.3) is 0 Å².